The molecule has 0 aliphatic heterocycles. The van der Waals surface area contributed by atoms with E-state index in [-0.39, 0.29) is 10.7 Å². The Labute approximate surface area is 147 Å². The van der Waals surface area contributed by atoms with Crippen molar-refractivity contribution in [3.05, 3.63) is 44.7 Å². The molecule has 2 rings (SSSR count). The number of aromatic nitrogens is 2. The van der Waals surface area contributed by atoms with Gasteiger partial charge in [-0.1, -0.05) is 34.8 Å². The molecular formula is C14H12Cl3N3O3. The third-order valence-corrected chi connectivity index (χ3v) is 3.89. The van der Waals surface area contributed by atoms with E-state index in [0.717, 1.165) is 0 Å². The fraction of sp³-hybridized carbons (Fsp3) is 0.214. The minimum atomic E-state index is -0.729. The minimum Gasteiger partial charge on any atom is -0.452 e. The SMILES string of the molecule is Cc1nn(C)c(Cl)c1C(=O)OCC(=O)Nc1cc(Cl)ccc1Cl. The molecule has 9 heteroatoms. The van der Waals surface area contributed by atoms with Gasteiger partial charge in [0.2, 0.25) is 0 Å². The van der Waals surface area contributed by atoms with E-state index in [0.29, 0.717) is 21.4 Å². The second kappa shape index (κ2) is 7.21. The zero-order valence-electron chi connectivity index (χ0n) is 12.2. The molecule has 6 nitrogen and oxygen atoms in total. The van der Waals surface area contributed by atoms with E-state index in [1.54, 1.807) is 26.1 Å². The normalized spacial score (nSPS) is 10.5. The van der Waals surface area contributed by atoms with Gasteiger partial charge in [0.25, 0.3) is 5.91 Å². The number of esters is 1. The molecule has 0 saturated heterocycles. The summed E-state index contributed by atoms with van der Waals surface area (Å²) in [5.41, 5.74) is 0.874. The van der Waals surface area contributed by atoms with Gasteiger partial charge in [0.15, 0.2) is 6.61 Å². The molecule has 0 atom stereocenters. The Bertz CT molecular complexity index is 774. The predicted molar refractivity (Wildman–Crippen MR) is 88.3 cm³/mol. The second-order valence-electron chi connectivity index (χ2n) is 4.62. The maximum Gasteiger partial charge on any atom is 0.343 e. The van der Waals surface area contributed by atoms with Gasteiger partial charge in [-0.2, -0.15) is 5.10 Å². The van der Waals surface area contributed by atoms with Crippen LogP contribution < -0.4 is 5.32 Å². The van der Waals surface area contributed by atoms with Gasteiger partial charge in [-0.15, -0.1) is 0 Å². The topological polar surface area (TPSA) is 73.2 Å². The number of carbonyl (C=O) groups is 2. The predicted octanol–water partition coefficient (Wildman–Crippen LogP) is 3.48. The third-order valence-electron chi connectivity index (χ3n) is 2.89. The number of hydrogen-bond donors (Lipinski definition) is 1. The summed E-state index contributed by atoms with van der Waals surface area (Å²) < 4.78 is 6.29. The molecule has 0 bridgehead atoms. The largest absolute Gasteiger partial charge is 0.452 e. The fourth-order valence-electron chi connectivity index (χ4n) is 1.84. The number of anilines is 1. The van der Waals surface area contributed by atoms with E-state index in [4.69, 9.17) is 39.5 Å². The van der Waals surface area contributed by atoms with Crippen LogP contribution in [0.3, 0.4) is 0 Å². The van der Waals surface area contributed by atoms with Gasteiger partial charge in [-0.25, -0.2) is 4.79 Å². The summed E-state index contributed by atoms with van der Waals surface area (Å²) in [5, 5.41) is 7.39. The maximum atomic E-state index is 12.0. The number of aryl methyl sites for hydroxylation is 2. The molecule has 0 unspecified atom stereocenters. The molecule has 1 aromatic heterocycles. The van der Waals surface area contributed by atoms with Gasteiger partial charge in [-0.3, -0.25) is 9.48 Å². The molecule has 2 aromatic rings. The fourth-order valence-corrected chi connectivity index (χ4v) is 2.43. The Morgan fingerprint density at radius 1 is 1.30 bits per heavy atom. The Kier molecular flexibility index (Phi) is 5.51. The summed E-state index contributed by atoms with van der Waals surface area (Å²) in [5.74, 6) is -1.28. The van der Waals surface area contributed by atoms with Gasteiger partial charge in [0.05, 0.1) is 16.4 Å². The molecule has 1 amide bonds. The van der Waals surface area contributed by atoms with Crippen molar-refractivity contribution in [1.82, 2.24) is 9.78 Å². The highest BCUT2D eigenvalue weighted by Gasteiger charge is 2.21. The standard InChI is InChI=1S/C14H12Cl3N3O3/c1-7-12(13(17)20(2)19-7)14(22)23-6-11(21)18-10-5-8(15)3-4-9(10)16/h3-5H,6H2,1-2H3,(H,18,21). The van der Waals surface area contributed by atoms with Crippen molar-refractivity contribution in [3.8, 4) is 0 Å². The van der Waals surface area contributed by atoms with E-state index in [1.807, 2.05) is 0 Å². The minimum absolute atomic E-state index is 0.128. The van der Waals surface area contributed by atoms with Gasteiger partial charge in [0.1, 0.15) is 10.7 Å². The molecule has 23 heavy (non-hydrogen) atoms. The summed E-state index contributed by atoms with van der Waals surface area (Å²) in [6.07, 6.45) is 0. The average molecular weight is 377 g/mol. The van der Waals surface area contributed by atoms with Gasteiger partial charge < -0.3 is 10.1 Å². The highest BCUT2D eigenvalue weighted by molar-refractivity contribution is 6.35. The maximum absolute atomic E-state index is 12.0. The molecule has 0 saturated carbocycles. The first-order valence-corrected chi connectivity index (χ1v) is 7.54. The lowest BCUT2D eigenvalue weighted by molar-refractivity contribution is -0.119. The second-order valence-corrected chi connectivity index (χ2v) is 5.82. The van der Waals surface area contributed by atoms with E-state index in [1.165, 1.54) is 10.7 Å². The van der Waals surface area contributed by atoms with Crippen LogP contribution >= 0.6 is 34.8 Å². The van der Waals surface area contributed by atoms with Crippen LogP contribution in [0.5, 0.6) is 0 Å². The van der Waals surface area contributed by atoms with Crippen LogP contribution in [0.15, 0.2) is 18.2 Å². The lowest BCUT2D eigenvalue weighted by Gasteiger charge is -2.08. The van der Waals surface area contributed by atoms with Gasteiger partial charge in [0, 0.05) is 12.1 Å². The number of amides is 1. The zero-order chi connectivity index (χ0) is 17.1. The van der Waals surface area contributed by atoms with Crippen molar-refractivity contribution in [2.24, 2.45) is 7.05 Å². The summed E-state index contributed by atoms with van der Waals surface area (Å²) in [6, 6.07) is 4.63. The number of hydrogen-bond acceptors (Lipinski definition) is 4. The van der Waals surface area contributed by atoms with Crippen molar-refractivity contribution in [2.45, 2.75) is 6.92 Å². The van der Waals surface area contributed by atoms with Gasteiger partial charge in [-0.05, 0) is 25.1 Å². The van der Waals surface area contributed by atoms with Crippen molar-refractivity contribution < 1.29 is 14.3 Å². The monoisotopic (exact) mass is 375 g/mol. The Morgan fingerprint density at radius 3 is 2.61 bits per heavy atom. The number of ether oxygens (including phenoxy) is 1. The highest BCUT2D eigenvalue weighted by Crippen LogP contribution is 2.25. The summed E-state index contributed by atoms with van der Waals surface area (Å²) in [4.78, 5) is 23.8. The molecule has 1 aromatic carbocycles. The number of benzene rings is 1. The van der Waals surface area contributed by atoms with Crippen molar-refractivity contribution in [1.29, 1.82) is 0 Å². The van der Waals surface area contributed by atoms with E-state index in [2.05, 4.69) is 10.4 Å². The summed E-state index contributed by atoms with van der Waals surface area (Å²) in [6.45, 7) is 1.13. The highest BCUT2D eigenvalue weighted by atomic mass is 35.5. The lowest BCUT2D eigenvalue weighted by Crippen LogP contribution is -2.21. The first kappa shape index (κ1) is 17.6. The van der Waals surface area contributed by atoms with Crippen LogP contribution in [0.4, 0.5) is 5.69 Å². The number of halogens is 3. The Morgan fingerprint density at radius 2 is 2.00 bits per heavy atom. The molecule has 0 aliphatic rings. The van der Waals surface area contributed by atoms with Gasteiger partial charge >= 0.3 is 5.97 Å². The molecule has 0 aliphatic carbocycles. The quantitative estimate of drug-likeness (QED) is 0.829. The molecule has 122 valence electrons. The Balaban J connectivity index is 1.99. The van der Waals surface area contributed by atoms with Crippen LogP contribution in [0.2, 0.25) is 15.2 Å². The van der Waals surface area contributed by atoms with Crippen molar-refractivity contribution in [3.63, 3.8) is 0 Å². The van der Waals surface area contributed by atoms with E-state index < -0.39 is 18.5 Å². The van der Waals surface area contributed by atoms with Crippen LogP contribution in [0.25, 0.3) is 0 Å². The lowest BCUT2D eigenvalue weighted by atomic mass is 10.3. The Hall–Kier alpha value is -1.76. The number of nitrogens with zero attached hydrogens (tertiary/aromatic N) is 2. The molecule has 0 radical (unpaired) electrons. The third kappa shape index (κ3) is 4.16. The number of rotatable bonds is 4. The van der Waals surface area contributed by atoms with Crippen LogP contribution in [0, 0.1) is 6.92 Å². The van der Waals surface area contributed by atoms with Crippen LogP contribution in [0.1, 0.15) is 16.1 Å². The number of carbonyl (C=O) groups excluding carboxylic acids is 2. The smallest absolute Gasteiger partial charge is 0.343 e. The van der Waals surface area contributed by atoms with E-state index >= 15 is 0 Å². The molecule has 0 fully saturated rings. The van der Waals surface area contributed by atoms with Crippen LogP contribution in [-0.2, 0) is 16.6 Å². The first-order valence-electron chi connectivity index (χ1n) is 6.40. The first-order chi connectivity index (χ1) is 10.8. The zero-order valence-corrected chi connectivity index (χ0v) is 14.5. The van der Waals surface area contributed by atoms with E-state index in [9.17, 15) is 9.59 Å². The molecule has 1 heterocycles. The summed E-state index contributed by atoms with van der Waals surface area (Å²) in [7, 11) is 1.60. The van der Waals surface area contributed by atoms with Crippen LogP contribution in [-0.4, -0.2) is 28.3 Å². The average Bonchev–Trinajstić information content (AvgIpc) is 2.73. The van der Waals surface area contributed by atoms with Crippen molar-refractivity contribution in [2.75, 3.05) is 11.9 Å². The number of nitrogens with one attached hydrogen (secondary N) is 1. The van der Waals surface area contributed by atoms with Crippen molar-refractivity contribution >= 4 is 52.4 Å². The molecule has 0 spiro atoms. The summed E-state index contributed by atoms with van der Waals surface area (Å²) >= 11 is 17.7. The molecule has 1 N–H and O–H groups in total. The molecular weight excluding hydrogens is 365 g/mol.